The molecule has 0 atom stereocenters. The number of nitrogens with two attached hydrogens (primary N) is 1. The van der Waals surface area contributed by atoms with Gasteiger partial charge in [0, 0.05) is 17.1 Å². The van der Waals surface area contributed by atoms with E-state index in [1.165, 1.54) is 29.0 Å². The Kier molecular flexibility index (Phi) is 3.85. The number of thiophene rings is 1. The Morgan fingerprint density at radius 1 is 1.43 bits per heavy atom. The molecule has 2 aromatic rings. The fourth-order valence-electron chi connectivity index (χ4n) is 2.91. The maximum Gasteiger partial charge on any atom is 0.263 e. The predicted octanol–water partition coefficient (Wildman–Crippen LogP) is 3.29. The molecule has 1 aliphatic carbocycles. The molecule has 5 heteroatoms. The summed E-state index contributed by atoms with van der Waals surface area (Å²) in [6.45, 7) is 4.16. The third-order valence-corrected chi connectivity index (χ3v) is 5.39. The van der Waals surface area contributed by atoms with Crippen molar-refractivity contribution in [1.82, 2.24) is 10.3 Å². The fraction of sp³-hybridized carbons (Fsp3) is 0.500. The number of amides is 1. The number of carbonyl (C=O) groups is 1. The number of nitrogens with one attached hydrogen (secondary N) is 1. The second kappa shape index (κ2) is 5.64. The van der Waals surface area contributed by atoms with Crippen LogP contribution < -0.4 is 11.1 Å². The maximum absolute atomic E-state index is 12.4. The Labute approximate surface area is 128 Å². The van der Waals surface area contributed by atoms with E-state index < -0.39 is 0 Å². The molecule has 3 N–H and O–H groups in total. The number of fused-ring (bicyclic) bond motifs is 2. The Bertz CT molecular complexity index is 688. The molecule has 0 saturated heterocycles. The van der Waals surface area contributed by atoms with Crippen LogP contribution in [0.2, 0.25) is 0 Å². The zero-order chi connectivity index (χ0) is 15.0. The normalized spacial score (nSPS) is 13.9. The molecule has 0 aliphatic heterocycles. The number of hydrogen-bond acceptors (Lipinski definition) is 4. The van der Waals surface area contributed by atoms with Gasteiger partial charge in [0.15, 0.2) is 0 Å². The lowest BCUT2D eigenvalue weighted by atomic mass is 10.1. The van der Waals surface area contributed by atoms with Crippen molar-refractivity contribution in [3.63, 3.8) is 0 Å². The van der Waals surface area contributed by atoms with Crippen molar-refractivity contribution >= 4 is 33.1 Å². The van der Waals surface area contributed by atoms with Crippen molar-refractivity contribution in [2.75, 3.05) is 5.73 Å². The average molecular weight is 303 g/mol. The van der Waals surface area contributed by atoms with Crippen LogP contribution in [0, 0.1) is 0 Å². The molecule has 4 nitrogen and oxygen atoms in total. The lowest BCUT2D eigenvalue weighted by Crippen LogP contribution is -2.33. The van der Waals surface area contributed by atoms with Crippen molar-refractivity contribution in [2.24, 2.45) is 0 Å². The Hall–Kier alpha value is -1.62. The Balaban J connectivity index is 1.96. The van der Waals surface area contributed by atoms with Gasteiger partial charge < -0.3 is 11.1 Å². The second-order valence-electron chi connectivity index (χ2n) is 5.63. The summed E-state index contributed by atoms with van der Waals surface area (Å²) in [6.07, 6.45) is 5.14. The fourth-order valence-corrected chi connectivity index (χ4v) is 3.91. The third kappa shape index (κ3) is 2.50. The van der Waals surface area contributed by atoms with Crippen LogP contribution in [0.4, 0.5) is 5.69 Å². The van der Waals surface area contributed by atoms with Crippen LogP contribution in [0.1, 0.15) is 54.0 Å². The summed E-state index contributed by atoms with van der Waals surface area (Å²) in [6, 6.07) is 2.34. The third-order valence-electron chi connectivity index (χ3n) is 4.28. The molecule has 0 saturated carbocycles. The van der Waals surface area contributed by atoms with Gasteiger partial charge in [0.1, 0.15) is 9.71 Å². The van der Waals surface area contributed by atoms with E-state index in [9.17, 15) is 4.79 Å². The van der Waals surface area contributed by atoms with Crippen LogP contribution in [0.3, 0.4) is 0 Å². The second-order valence-corrected chi connectivity index (χ2v) is 6.63. The van der Waals surface area contributed by atoms with Crippen molar-refractivity contribution in [3.05, 3.63) is 22.2 Å². The molecule has 0 fully saturated rings. The number of anilines is 1. The summed E-state index contributed by atoms with van der Waals surface area (Å²) < 4.78 is 0. The molecule has 0 bridgehead atoms. The van der Waals surface area contributed by atoms with Gasteiger partial charge in [-0.1, -0.05) is 13.8 Å². The lowest BCUT2D eigenvalue weighted by molar-refractivity contribution is 0.0940. The van der Waals surface area contributed by atoms with E-state index >= 15 is 0 Å². The van der Waals surface area contributed by atoms with Crippen molar-refractivity contribution in [1.29, 1.82) is 0 Å². The Morgan fingerprint density at radius 2 is 2.19 bits per heavy atom. The minimum Gasteiger partial charge on any atom is -0.397 e. The summed E-state index contributed by atoms with van der Waals surface area (Å²) >= 11 is 1.41. The van der Waals surface area contributed by atoms with E-state index in [1.807, 2.05) is 0 Å². The van der Waals surface area contributed by atoms with E-state index in [2.05, 4.69) is 25.2 Å². The monoisotopic (exact) mass is 303 g/mol. The molecule has 2 aromatic heterocycles. The van der Waals surface area contributed by atoms with Gasteiger partial charge in [0.05, 0.1) is 5.69 Å². The topological polar surface area (TPSA) is 68.0 Å². The molecule has 3 rings (SSSR count). The van der Waals surface area contributed by atoms with Crippen LogP contribution in [0.25, 0.3) is 10.2 Å². The Morgan fingerprint density at radius 3 is 2.90 bits per heavy atom. The number of aryl methyl sites for hydroxylation is 2. The van der Waals surface area contributed by atoms with Gasteiger partial charge in [-0.3, -0.25) is 4.79 Å². The first-order chi connectivity index (χ1) is 10.1. The highest BCUT2D eigenvalue weighted by atomic mass is 32.1. The highest BCUT2D eigenvalue weighted by Gasteiger charge is 2.21. The van der Waals surface area contributed by atoms with Gasteiger partial charge in [-0.2, -0.15) is 0 Å². The smallest absolute Gasteiger partial charge is 0.263 e. The SMILES string of the molecule is CCC(CC)NC(=O)c1sc2nc3c(cc2c1N)CCC3. The van der Waals surface area contributed by atoms with Crippen LogP contribution in [0.15, 0.2) is 6.07 Å². The summed E-state index contributed by atoms with van der Waals surface area (Å²) in [5.74, 6) is -0.0654. The van der Waals surface area contributed by atoms with Gasteiger partial charge in [0.25, 0.3) is 5.91 Å². The number of rotatable bonds is 4. The zero-order valence-electron chi connectivity index (χ0n) is 12.5. The lowest BCUT2D eigenvalue weighted by Gasteiger charge is -2.13. The van der Waals surface area contributed by atoms with E-state index in [-0.39, 0.29) is 11.9 Å². The standard InChI is InChI=1S/C16H21N3OS/c1-3-10(4-2)18-15(20)14-13(17)11-8-9-6-5-7-12(9)19-16(11)21-14/h8,10H,3-7,17H2,1-2H3,(H,18,20). The van der Waals surface area contributed by atoms with Crippen LogP contribution in [-0.4, -0.2) is 16.9 Å². The van der Waals surface area contributed by atoms with E-state index in [0.717, 1.165) is 35.9 Å². The number of nitrogens with zero attached hydrogens (tertiary/aromatic N) is 1. The molecule has 21 heavy (non-hydrogen) atoms. The largest absolute Gasteiger partial charge is 0.397 e. The summed E-state index contributed by atoms with van der Waals surface area (Å²) in [5, 5.41) is 4.00. The first-order valence-corrected chi connectivity index (χ1v) is 8.47. The quantitative estimate of drug-likeness (QED) is 0.910. The molecule has 0 unspecified atom stereocenters. The number of carbonyl (C=O) groups excluding carboxylic acids is 1. The molecule has 2 heterocycles. The highest BCUT2D eigenvalue weighted by Crippen LogP contribution is 2.35. The van der Waals surface area contributed by atoms with E-state index in [4.69, 9.17) is 10.7 Å². The molecule has 112 valence electrons. The minimum atomic E-state index is -0.0654. The maximum atomic E-state index is 12.4. The zero-order valence-corrected chi connectivity index (χ0v) is 13.3. The molecule has 0 radical (unpaired) electrons. The number of nitrogen functional groups attached to an aromatic ring is 1. The molecule has 1 aliphatic rings. The number of aromatic nitrogens is 1. The molecular weight excluding hydrogens is 282 g/mol. The molecular formula is C16H21N3OS. The average Bonchev–Trinajstić information content (AvgIpc) is 3.07. The first-order valence-electron chi connectivity index (χ1n) is 7.65. The number of pyridine rings is 1. The van der Waals surface area contributed by atoms with Crippen LogP contribution >= 0.6 is 11.3 Å². The molecule has 0 spiro atoms. The van der Waals surface area contributed by atoms with Crippen molar-refractivity contribution in [2.45, 2.75) is 52.0 Å². The molecule has 0 aromatic carbocycles. The van der Waals surface area contributed by atoms with E-state index in [0.29, 0.717) is 10.6 Å². The van der Waals surface area contributed by atoms with Crippen LogP contribution in [0.5, 0.6) is 0 Å². The van der Waals surface area contributed by atoms with E-state index in [1.54, 1.807) is 0 Å². The first kappa shape index (κ1) is 14.3. The molecule has 1 amide bonds. The minimum absolute atomic E-state index is 0.0654. The predicted molar refractivity (Wildman–Crippen MR) is 87.9 cm³/mol. The van der Waals surface area contributed by atoms with Crippen molar-refractivity contribution < 1.29 is 4.79 Å². The van der Waals surface area contributed by atoms with Gasteiger partial charge in [-0.25, -0.2) is 4.98 Å². The highest BCUT2D eigenvalue weighted by molar-refractivity contribution is 7.21. The van der Waals surface area contributed by atoms with Gasteiger partial charge in [-0.15, -0.1) is 11.3 Å². The number of hydrogen-bond donors (Lipinski definition) is 2. The summed E-state index contributed by atoms with van der Waals surface area (Å²) in [5.41, 5.74) is 9.25. The van der Waals surface area contributed by atoms with Gasteiger partial charge >= 0.3 is 0 Å². The summed E-state index contributed by atoms with van der Waals surface area (Å²) in [4.78, 5) is 18.6. The summed E-state index contributed by atoms with van der Waals surface area (Å²) in [7, 11) is 0. The van der Waals surface area contributed by atoms with Crippen LogP contribution in [-0.2, 0) is 12.8 Å². The van der Waals surface area contributed by atoms with Gasteiger partial charge in [-0.05, 0) is 43.7 Å². The van der Waals surface area contributed by atoms with Gasteiger partial charge in [0.2, 0.25) is 0 Å². The van der Waals surface area contributed by atoms with Crippen molar-refractivity contribution in [3.8, 4) is 0 Å².